The van der Waals surface area contributed by atoms with Crippen LogP contribution in [0.1, 0.15) is 20.3 Å². The van der Waals surface area contributed by atoms with Gasteiger partial charge in [-0.1, -0.05) is 13.8 Å². The summed E-state index contributed by atoms with van der Waals surface area (Å²) in [7, 11) is -3.33. The van der Waals surface area contributed by atoms with Crippen LogP contribution in [0.3, 0.4) is 0 Å². The second-order valence-corrected chi connectivity index (χ2v) is 5.22. The molecule has 0 fully saturated rings. The largest absolute Gasteiger partial charge is 0.385 e. The van der Waals surface area contributed by atoms with Gasteiger partial charge in [-0.05, 0) is 30.7 Å². The minimum absolute atomic E-state index is 0.302. The molecule has 0 unspecified atom stereocenters. The van der Waals surface area contributed by atoms with Crippen molar-refractivity contribution in [3.8, 4) is 0 Å². The molecule has 0 aliphatic heterocycles. The van der Waals surface area contributed by atoms with E-state index in [1.54, 1.807) is 31.2 Å². The summed E-state index contributed by atoms with van der Waals surface area (Å²) in [6.45, 7) is 5.13. The number of hydrogen-bond acceptors (Lipinski definition) is 3. The molecule has 1 rings (SSSR count). The van der Waals surface area contributed by atoms with Crippen LogP contribution in [0.5, 0.6) is 0 Å². The highest BCUT2D eigenvalue weighted by Crippen LogP contribution is 2.13. The maximum absolute atomic E-state index is 11.6. The molecule has 0 aromatic heterocycles. The summed E-state index contributed by atoms with van der Waals surface area (Å²) in [4.78, 5) is 0.302. The van der Waals surface area contributed by atoms with E-state index in [4.69, 9.17) is 0 Å². The van der Waals surface area contributed by atoms with E-state index in [0.717, 1.165) is 18.7 Å². The topological polar surface area (TPSA) is 58.2 Å². The Morgan fingerprint density at radius 2 is 1.75 bits per heavy atom. The van der Waals surface area contributed by atoms with Gasteiger partial charge in [0.25, 0.3) is 0 Å². The van der Waals surface area contributed by atoms with Gasteiger partial charge in [-0.3, -0.25) is 0 Å². The molecule has 2 N–H and O–H groups in total. The predicted molar refractivity (Wildman–Crippen MR) is 66.1 cm³/mol. The molecule has 0 spiro atoms. The third-order valence-electron chi connectivity index (χ3n) is 2.08. The average Bonchev–Trinajstić information content (AvgIpc) is 2.27. The Labute approximate surface area is 97.1 Å². The Bertz CT molecular complexity index is 412. The molecule has 0 radical (unpaired) electrons. The predicted octanol–water partition coefficient (Wildman–Crippen LogP) is 1.81. The first kappa shape index (κ1) is 13.0. The van der Waals surface area contributed by atoms with Crippen LogP contribution in [0.4, 0.5) is 5.69 Å². The minimum atomic E-state index is -3.33. The van der Waals surface area contributed by atoms with Gasteiger partial charge in [-0.25, -0.2) is 13.1 Å². The molecule has 5 heteroatoms. The molecule has 0 saturated carbocycles. The standard InChI is InChI=1S/C11H18N2O2S/c1-3-9-12-10-5-7-11(8-6-10)16(14,15)13-4-2/h5-8,12-13H,3-4,9H2,1-2H3. The van der Waals surface area contributed by atoms with Crippen LogP contribution in [0.25, 0.3) is 0 Å². The number of sulfonamides is 1. The summed E-state index contributed by atoms with van der Waals surface area (Å²) in [6, 6.07) is 6.77. The quantitative estimate of drug-likeness (QED) is 0.800. The summed E-state index contributed by atoms with van der Waals surface area (Å²) in [5.41, 5.74) is 0.942. The second-order valence-electron chi connectivity index (χ2n) is 3.45. The third-order valence-corrected chi connectivity index (χ3v) is 3.64. The first-order chi connectivity index (χ1) is 7.60. The average molecular weight is 242 g/mol. The van der Waals surface area contributed by atoms with Crippen LogP contribution in [0.2, 0.25) is 0 Å². The maximum Gasteiger partial charge on any atom is 0.240 e. The highest BCUT2D eigenvalue weighted by Gasteiger charge is 2.11. The minimum Gasteiger partial charge on any atom is -0.385 e. The van der Waals surface area contributed by atoms with Crippen molar-refractivity contribution in [3.63, 3.8) is 0 Å². The van der Waals surface area contributed by atoms with Crippen molar-refractivity contribution < 1.29 is 8.42 Å². The Balaban J connectivity index is 2.78. The Kier molecular flexibility index (Phi) is 4.76. The fraction of sp³-hybridized carbons (Fsp3) is 0.455. The molecule has 0 aliphatic rings. The Morgan fingerprint density at radius 3 is 2.25 bits per heavy atom. The summed E-state index contributed by atoms with van der Waals surface area (Å²) >= 11 is 0. The van der Waals surface area contributed by atoms with E-state index in [-0.39, 0.29) is 0 Å². The van der Waals surface area contributed by atoms with Crippen molar-refractivity contribution in [2.45, 2.75) is 25.2 Å². The van der Waals surface area contributed by atoms with Crippen molar-refractivity contribution in [3.05, 3.63) is 24.3 Å². The van der Waals surface area contributed by atoms with Gasteiger partial charge in [0.1, 0.15) is 0 Å². The highest BCUT2D eigenvalue weighted by atomic mass is 32.2. The molecular formula is C11H18N2O2S. The molecule has 4 nitrogen and oxygen atoms in total. The second kappa shape index (κ2) is 5.86. The first-order valence-electron chi connectivity index (χ1n) is 5.43. The zero-order valence-electron chi connectivity index (χ0n) is 9.66. The van der Waals surface area contributed by atoms with Crippen molar-refractivity contribution in [2.75, 3.05) is 18.4 Å². The molecule has 1 aromatic carbocycles. The van der Waals surface area contributed by atoms with Crippen molar-refractivity contribution in [1.29, 1.82) is 0 Å². The van der Waals surface area contributed by atoms with E-state index in [1.165, 1.54) is 0 Å². The highest BCUT2D eigenvalue weighted by molar-refractivity contribution is 7.89. The van der Waals surface area contributed by atoms with E-state index in [0.29, 0.717) is 11.4 Å². The first-order valence-corrected chi connectivity index (χ1v) is 6.92. The summed E-state index contributed by atoms with van der Waals surface area (Å²) in [6.07, 6.45) is 1.04. The smallest absolute Gasteiger partial charge is 0.240 e. The zero-order valence-corrected chi connectivity index (χ0v) is 10.5. The Morgan fingerprint density at radius 1 is 1.12 bits per heavy atom. The SMILES string of the molecule is CCCNc1ccc(S(=O)(=O)NCC)cc1. The molecule has 16 heavy (non-hydrogen) atoms. The van der Waals surface area contributed by atoms with Crippen molar-refractivity contribution in [1.82, 2.24) is 4.72 Å². The lowest BCUT2D eigenvalue weighted by Crippen LogP contribution is -2.23. The van der Waals surface area contributed by atoms with Gasteiger partial charge < -0.3 is 5.32 Å². The number of nitrogens with one attached hydrogen (secondary N) is 2. The van der Waals surface area contributed by atoms with Crippen LogP contribution in [0.15, 0.2) is 29.2 Å². The fourth-order valence-corrected chi connectivity index (χ4v) is 2.34. The van der Waals surface area contributed by atoms with Gasteiger partial charge in [0.2, 0.25) is 10.0 Å². The number of benzene rings is 1. The molecule has 0 aliphatic carbocycles. The lowest BCUT2D eigenvalue weighted by atomic mass is 10.3. The van der Waals surface area contributed by atoms with E-state index < -0.39 is 10.0 Å². The van der Waals surface area contributed by atoms with Crippen LogP contribution < -0.4 is 10.0 Å². The van der Waals surface area contributed by atoms with Crippen molar-refractivity contribution >= 4 is 15.7 Å². The van der Waals surface area contributed by atoms with Gasteiger partial charge >= 0.3 is 0 Å². The fourth-order valence-electron chi connectivity index (χ4n) is 1.29. The van der Waals surface area contributed by atoms with E-state index in [1.807, 2.05) is 0 Å². The van der Waals surface area contributed by atoms with Crippen LogP contribution in [0, 0.1) is 0 Å². The van der Waals surface area contributed by atoms with Gasteiger partial charge in [0, 0.05) is 18.8 Å². The van der Waals surface area contributed by atoms with E-state index in [2.05, 4.69) is 17.0 Å². The summed E-state index contributed by atoms with van der Waals surface area (Å²) in [5.74, 6) is 0. The monoisotopic (exact) mass is 242 g/mol. The lowest BCUT2D eigenvalue weighted by molar-refractivity contribution is 0.584. The number of hydrogen-bond donors (Lipinski definition) is 2. The van der Waals surface area contributed by atoms with Crippen molar-refractivity contribution in [2.24, 2.45) is 0 Å². The summed E-state index contributed by atoms with van der Waals surface area (Å²) < 4.78 is 25.7. The van der Waals surface area contributed by atoms with Gasteiger partial charge in [0.05, 0.1) is 4.90 Å². The third kappa shape index (κ3) is 3.50. The maximum atomic E-state index is 11.6. The molecule has 1 aromatic rings. The Hall–Kier alpha value is -1.07. The van der Waals surface area contributed by atoms with Gasteiger partial charge in [0.15, 0.2) is 0 Å². The van der Waals surface area contributed by atoms with E-state index in [9.17, 15) is 8.42 Å². The molecule has 0 atom stereocenters. The zero-order chi connectivity index (χ0) is 12.0. The lowest BCUT2D eigenvalue weighted by Gasteiger charge is -2.07. The molecule has 0 heterocycles. The molecule has 90 valence electrons. The van der Waals surface area contributed by atoms with Crippen LogP contribution in [-0.2, 0) is 10.0 Å². The molecule has 0 bridgehead atoms. The van der Waals surface area contributed by atoms with Gasteiger partial charge in [-0.15, -0.1) is 0 Å². The number of rotatable bonds is 6. The van der Waals surface area contributed by atoms with Gasteiger partial charge in [-0.2, -0.15) is 0 Å². The van der Waals surface area contributed by atoms with E-state index >= 15 is 0 Å². The normalized spacial score (nSPS) is 11.4. The molecule has 0 amide bonds. The molecule has 0 saturated heterocycles. The number of anilines is 1. The van der Waals surface area contributed by atoms with Crippen LogP contribution in [-0.4, -0.2) is 21.5 Å². The molecular weight excluding hydrogens is 224 g/mol. The van der Waals surface area contributed by atoms with Crippen LogP contribution >= 0.6 is 0 Å². The summed E-state index contributed by atoms with van der Waals surface area (Å²) in [5, 5.41) is 3.19.